The topological polar surface area (TPSA) is 111 Å². The number of benzene rings is 2. The third-order valence-electron chi connectivity index (χ3n) is 5.26. The molecule has 3 atom stereocenters. The number of ether oxygens (including phenoxy) is 2. The average molecular weight is 423 g/mol. The molecule has 9 nitrogen and oxygen atoms in total. The highest BCUT2D eigenvalue weighted by Gasteiger charge is 2.44. The van der Waals surface area contributed by atoms with E-state index in [9.17, 15) is 9.90 Å². The summed E-state index contributed by atoms with van der Waals surface area (Å²) in [5.74, 6) is 1.28. The molecule has 0 unspecified atom stereocenters. The van der Waals surface area contributed by atoms with Crippen LogP contribution in [-0.2, 0) is 4.74 Å². The number of nitrogens with zero attached hydrogens (tertiary/aromatic N) is 5. The summed E-state index contributed by atoms with van der Waals surface area (Å²) >= 11 is 0. The zero-order valence-electron chi connectivity index (χ0n) is 17.7. The quantitative estimate of drug-likeness (QED) is 0.431. The molecule has 31 heavy (non-hydrogen) atoms. The molecule has 1 amide bonds. The van der Waals surface area contributed by atoms with Gasteiger partial charge in [0, 0.05) is 18.0 Å². The predicted molar refractivity (Wildman–Crippen MR) is 116 cm³/mol. The van der Waals surface area contributed by atoms with Gasteiger partial charge in [-0.2, -0.15) is 0 Å². The molecule has 0 spiro atoms. The van der Waals surface area contributed by atoms with Crippen molar-refractivity contribution < 1.29 is 19.4 Å². The average Bonchev–Trinajstić information content (AvgIpc) is 2.72. The molecular weight excluding hydrogens is 398 g/mol. The Hall–Kier alpha value is -3.42. The molecule has 0 radical (unpaired) electrons. The fourth-order valence-corrected chi connectivity index (χ4v) is 3.97. The predicted octanol–water partition coefficient (Wildman–Crippen LogP) is 4.59. The third-order valence-corrected chi connectivity index (χ3v) is 5.26. The van der Waals surface area contributed by atoms with E-state index in [-0.39, 0.29) is 13.1 Å². The summed E-state index contributed by atoms with van der Waals surface area (Å²) in [6.07, 6.45) is -1.52. The van der Waals surface area contributed by atoms with Crippen molar-refractivity contribution in [2.24, 2.45) is 5.11 Å². The molecule has 162 valence electrons. The van der Waals surface area contributed by atoms with Crippen LogP contribution in [0.2, 0.25) is 0 Å². The van der Waals surface area contributed by atoms with Gasteiger partial charge in [0.05, 0.1) is 29.6 Å². The van der Waals surface area contributed by atoms with Gasteiger partial charge in [-0.3, -0.25) is 0 Å². The van der Waals surface area contributed by atoms with Crippen molar-refractivity contribution >= 4 is 17.5 Å². The van der Waals surface area contributed by atoms with Crippen molar-refractivity contribution in [3.05, 3.63) is 59.0 Å². The Bertz CT molecular complexity index is 985. The van der Waals surface area contributed by atoms with E-state index in [1.165, 1.54) is 4.90 Å². The Balaban J connectivity index is 1.76. The van der Waals surface area contributed by atoms with Crippen molar-refractivity contribution in [3.63, 3.8) is 0 Å². The lowest BCUT2D eigenvalue weighted by Crippen LogP contribution is -2.61. The maximum Gasteiger partial charge on any atom is 0.410 e. The second kappa shape index (κ2) is 8.02. The van der Waals surface area contributed by atoms with Crippen LogP contribution in [0.1, 0.15) is 20.8 Å². The number of hydrogen-bond donors (Lipinski definition) is 1. The first-order valence-corrected chi connectivity index (χ1v) is 10.1. The van der Waals surface area contributed by atoms with Gasteiger partial charge in [0.15, 0.2) is 11.5 Å². The number of aliphatic hydroxyl groups is 1. The van der Waals surface area contributed by atoms with Crippen molar-refractivity contribution in [2.75, 3.05) is 18.0 Å². The Morgan fingerprint density at radius 1 is 1.13 bits per heavy atom. The lowest BCUT2D eigenvalue weighted by atomic mass is 9.94. The molecule has 0 bridgehead atoms. The highest BCUT2D eigenvalue weighted by Crippen LogP contribution is 2.48. The molecule has 9 heteroatoms. The van der Waals surface area contributed by atoms with Crippen molar-refractivity contribution in [1.82, 2.24) is 4.90 Å². The second-order valence-electron chi connectivity index (χ2n) is 8.62. The summed E-state index contributed by atoms with van der Waals surface area (Å²) in [5, 5.41) is 14.9. The van der Waals surface area contributed by atoms with Gasteiger partial charge < -0.3 is 24.4 Å². The van der Waals surface area contributed by atoms with Crippen LogP contribution in [0, 0.1) is 0 Å². The summed E-state index contributed by atoms with van der Waals surface area (Å²) in [6.45, 7) is 5.64. The number of rotatable bonds is 2. The summed E-state index contributed by atoms with van der Waals surface area (Å²) in [4.78, 5) is 19.2. The van der Waals surface area contributed by atoms with Gasteiger partial charge in [-0.25, -0.2) is 4.79 Å². The summed E-state index contributed by atoms with van der Waals surface area (Å²) in [5.41, 5.74) is 9.89. The van der Waals surface area contributed by atoms with Gasteiger partial charge in [0.1, 0.15) is 5.60 Å². The van der Waals surface area contributed by atoms with Gasteiger partial charge in [-0.15, -0.1) is 0 Å². The van der Waals surface area contributed by atoms with Crippen LogP contribution in [0.15, 0.2) is 53.6 Å². The minimum atomic E-state index is -1.01. The molecule has 0 aliphatic carbocycles. The van der Waals surface area contributed by atoms with Gasteiger partial charge >= 0.3 is 6.09 Å². The summed E-state index contributed by atoms with van der Waals surface area (Å²) in [6, 6.07) is 13.6. The van der Waals surface area contributed by atoms with E-state index < -0.39 is 29.9 Å². The standard InChI is InChI=1S/C22H25N5O4/c1-22(2,3)31-21(29)26-12-14(24-25-23)20(28)17(13-26)27-15-8-4-6-10-18(15)30-19-11-7-5-9-16(19)27/h4-11,14,17,20,28H,12-13H2,1-3H3/t14-,17-,20+/m0/s1. The smallest absolute Gasteiger partial charge is 0.410 e. The zero-order chi connectivity index (χ0) is 22.2. The Morgan fingerprint density at radius 2 is 1.71 bits per heavy atom. The summed E-state index contributed by atoms with van der Waals surface area (Å²) in [7, 11) is 0. The largest absolute Gasteiger partial charge is 0.453 e. The van der Waals surface area contributed by atoms with Crippen LogP contribution in [0.5, 0.6) is 11.5 Å². The minimum Gasteiger partial charge on any atom is -0.453 e. The second-order valence-corrected chi connectivity index (χ2v) is 8.62. The zero-order valence-corrected chi connectivity index (χ0v) is 17.7. The van der Waals surface area contributed by atoms with Crippen LogP contribution in [0.25, 0.3) is 10.4 Å². The van der Waals surface area contributed by atoms with E-state index in [1.54, 1.807) is 20.8 Å². The maximum absolute atomic E-state index is 12.8. The lowest BCUT2D eigenvalue weighted by Gasteiger charge is -2.47. The first-order chi connectivity index (χ1) is 14.8. The first-order valence-electron chi connectivity index (χ1n) is 10.1. The molecule has 2 heterocycles. The Labute approximate surface area is 180 Å². The van der Waals surface area contributed by atoms with Gasteiger partial charge in [-0.1, -0.05) is 29.4 Å². The lowest BCUT2D eigenvalue weighted by molar-refractivity contribution is -0.00122. The number of carbonyl (C=O) groups is 1. The number of fused-ring (bicyclic) bond motifs is 2. The Morgan fingerprint density at radius 3 is 2.26 bits per heavy atom. The molecule has 2 aliphatic heterocycles. The van der Waals surface area contributed by atoms with E-state index in [1.807, 2.05) is 53.4 Å². The highest BCUT2D eigenvalue weighted by atomic mass is 16.6. The number of likely N-dealkylation sites (tertiary alicyclic amines) is 1. The number of amides is 1. The van der Waals surface area contributed by atoms with Gasteiger partial charge in [0.2, 0.25) is 0 Å². The van der Waals surface area contributed by atoms with Crippen molar-refractivity contribution in [1.29, 1.82) is 0 Å². The van der Waals surface area contributed by atoms with Crippen LogP contribution in [0.4, 0.5) is 16.2 Å². The summed E-state index contributed by atoms with van der Waals surface area (Å²) < 4.78 is 11.6. The molecule has 2 aliphatic rings. The highest BCUT2D eigenvalue weighted by molar-refractivity contribution is 5.79. The van der Waals surface area contributed by atoms with E-state index in [2.05, 4.69) is 10.0 Å². The van der Waals surface area contributed by atoms with Crippen LogP contribution >= 0.6 is 0 Å². The molecule has 2 aromatic rings. The third kappa shape index (κ3) is 4.10. The number of azide groups is 1. The minimum absolute atomic E-state index is 0.0737. The van der Waals surface area contributed by atoms with Crippen LogP contribution < -0.4 is 9.64 Å². The number of para-hydroxylation sites is 4. The molecule has 0 aromatic heterocycles. The molecule has 1 N–H and O–H groups in total. The molecular formula is C22H25N5O4. The molecule has 4 rings (SSSR count). The van der Waals surface area contributed by atoms with Crippen molar-refractivity contribution in [2.45, 2.75) is 44.6 Å². The van der Waals surface area contributed by atoms with E-state index in [4.69, 9.17) is 15.0 Å². The number of anilines is 2. The molecule has 1 saturated heterocycles. The fraction of sp³-hybridized carbons (Fsp3) is 0.409. The molecule has 0 saturated carbocycles. The fourth-order valence-electron chi connectivity index (χ4n) is 3.97. The number of aliphatic hydroxyl groups excluding tert-OH is 1. The number of piperidine rings is 1. The van der Waals surface area contributed by atoms with Crippen molar-refractivity contribution in [3.8, 4) is 11.5 Å². The van der Waals surface area contributed by atoms with Gasteiger partial charge in [-0.05, 0) is 50.6 Å². The van der Waals surface area contributed by atoms with E-state index >= 15 is 0 Å². The van der Waals surface area contributed by atoms with Crippen LogP contribution in [0.3, 0.4) is 0 Å². The maximum atomic E-state index is 12.8. The first kappa shape index (κ1) is 20.8. The SMILES string of the molecule is CC(C)(C)OC(=O)N1C[C@H](N=[N+]=[N-])[C@@H](O)[C@@H](N2c3ccccc3Oc3ccccc32)C1. The molecule has 1 fully saturated rings. The van der Waals surface area contributed by atoms with E-state index in [0.29, 0.717) is 11.5 Å². The van der Waals surface area contributed by atoms with E-state index in [0.717, 1.165) is 11.4 Å². The van der Waals surface area contributed by atoms with Gasteiger partial charge in [0.25, 0.3) is 0 Å². The number of carbonyl (C=O) groups excluding carboxylic acids is 1. The monoisotopic (exact) mass is 423 g/mol. The molecule has 2 aromatic carbocycles. The number of hydrogen-bond acceptors (Lipinski definition) is 6. The Kier molecular flexibility index (Phi) is 5.39. The van der Waals surface area contributed by atoms with Crippen LogP contribution in [-0.4, -0.2) is 53.0 Å². The normalized spacial score (nSPS) is 22.5.